The van der Waals surface area contributed by atoms with Gasteiger partial charge in [0.1, 0.15) is 0 Å². The first-order chi connectivity index (χ1) is 20.9. The van der Waals surface area contributed by atoms with Crippen molar-refractivity contribution < 1.29 is 4.84 Å². The number of allylic oxidation sites excluding steroid dienone is 2. The Morgan fingerprint density at radius 2 is 1.24 bits per heavy atom. The Hall–Kier alpha value is -2.04. The summed E-state index contributed by atoms with van der Waals surface area (Å²) in [4.78, 5) is 15.0. The Morgan fingerprint density at radius 3 is 1.86 bits per heavy atom. The molecule has 2 aliphatic rings. The third kappa shape index (κ3) is 12.7. The Bertz CT molecular complexity index is 949. The van der Waals surface area contributed by atoms with Crippen molar-refractivity contribution in [3.63, 3.8) is 0 Å². The molecule has 4 nitrogen and oxygen atoms in total. The molecule has 4 rings (SSSR count). The van der Waals surface area contributed by atoms with Crippen LogP contribution in [0.15, 0.2) is 61.2 Å². The van der Waals surface area contributed by atoms with Crippen LogP contribution in [0.5, 0.6) is 0 Å². The van der Waals surface area contributed by atoms with Crippen LogP contribution in [-0.4, -0.2) is 33.7 Å². The second kappa shape index (κ2) is 20.8. The molecule has 1 saturated heterocycles. The van der Waals surface area contributed by atoms with Gasteiger partial charge < -0.3 is 0 Å². The molecule has 42 heavy (non-hydrogen) atoms. The number of aromatic nitrogens is 2. The van der Waals surface area contributed by atoms with Gasteiger partial charge in [-0.25, -0.2) is 0 Å². The molecule has 0 radical (unpaired) electrons. The van der Waals surface area contributed by atoms with Gasteiger partial charge in [0.25, 0.3) is 0 Å². The largest absolute Gasteiger partial charge is 0.295 e. The second-order valence-corrected chi connectivity index (χ2v) is 13.0. The highest BCUT2D eigenvalue weighted by atomic mass is 16.7. The standard InChI is InChI=1S/C38H59N3O/c1(3-5-7-11-15-22-34-24-20-29-39-32-34)2-4-6-10-14-18-31-41-37-27-19-26-36(37)38(42-41)28-17-13-9-8-12-16-23-35-25-21-30-40-33-35/h1-2,20-21,24-25,29-30,32-33,36-38H,3-19,22-23,26-28,31H2/b2-1-/t36-,37+,38-/m0/s1. The summed E-state index contributed by atoms with van der Waals surface area (Å²) < 4.78 is 0. The first-order valence-electron chi connectivity index (χ1n) is 17.8. The fraction of sp³-hybridized carbons (Fsp3) is 0.684. The van der Waals surface area contributed by atoms with Crippen molar-refractivity contribution in [1.82, 2.24) is 15.0 Å². The number of fused-ring (bicyclic) bond motifs is 1. The molecule has 0 aromatic carbocycles. The summed E-state index contributed by atoms with van der Waals surface area (Å²) in [5.41, 5.74) is 2.75. The summed E-state index contributed by atoms with van der Waals surface area (Å²) >= 11 is 0. The summed E-state index contributed by atoms with van der Waals surface area (Å²) in [7, 11) is 0. The fourth-order valence-electron chi connectivity index (χ4n) is 7.11. The lowest BCUT2D eigenvalue weighted by molar-refractivity contribution is -0.167. The van der Waals surface area contributed by atoms with Crippen molar-refractivity contribution in [3.8, 4) is 0 Å². The van der Waals surface area contributed by atoms with Crippen molar-refractivity contribution in [2.75, 3.05) is 6.54 Å². The predicted molar refractivity (Wildman–Crippen MR) is 176 cm³/mol. The molecule has 0 amide bonds. The summed E-state index contributed by atoms with van der Waals surface area (Å²) in [6.45, 7) is 1.14. The zero-order valence-electron chi connectivity index (χ0n) is 26.5. The molecule has 2 aromatic rings. The number of hydroxylamine groups is 2. The predicted octanol–water partition coefficient (Wildman–Crippen LogP) is 10.2. The highest BCUT2D eigenvalue weighted by Crippen LogP contribution is 2.41. The van der Waals surface area contributed by atoms with E-state index in [-0.39, 0.29) is 0 Å². The number of unbranched alkanes of at least 4 members (excludes halogenated alkanes) is 13. The first kappa shape index (κ1) is 32.9. The van der Waals surface area contributed by atoms with Crippen molar-refractivity contribution in [3.05, 3.63) is 72.3 Å². The molecule has 4 heteroatoms. The average Bonchev–Trinajstić information content (AvgIpc) is 3.64. The molecule has 3 heterocycles. The Kier molecular flexibility index (Phi) is 16.3. The van der Waals surface area contributed by atoms with Crippen LogP contribution in [0.2, 0.25) is 0 Å². The Morgan fingerprint density at radius 1 is 0.667 bits per heavy atom. The van der Waals surface area contributed by atoms with Gasteiger partial charge in [-0.05, 0) is 100 Å². The third-order valence-electron chi connectivity index (χ3n) is 9.55. The van der Waals surface area contributed by atoms with Crippen LogP contribution in [0.1, 0.15) is 140 Å². The minimum absolute atomic E-state index is 0.495. The van der Waals surface area contributed by atoms with Crippen LogP contribution in [0.25, 0.3) is 0 Å². The molecule has 232 valence electrons. The maximum Gasteiger partial charge on any atom is 0.0837 e. The van der Waals surface area contributed by atoms with Gasteiger partial charge in [0.15, 0.2) is 0 Å². The van der Waals surface area contributed by atoms with E-state index < -0.39 is 0 Å². The molecule has 2 fully saturated rings. The molecule has 0 N–H and O–H groups in total. The zero-order valence-corrected chi connectivity index (χ0v) is 26.5. The number of rotatable bonds is 23. The lowest BCUT2D eigenvalue weighted by atomic mass is 9.93. The van der Waals surface area contributed by atoms with Crippen LogP contribution in [0.4, 0.5) is 0 Å². The van der Waals surface area contributed by atoms with E-state index in [1.807, 2.05) is 36.9 Å². The molecule has 0 unspecified atom stereocenters. The van der Waals surface area contributed by atoms with E-state index in [2.05, 4.69) is 39.3 Å². The Balaban J connectivity index is 0.936. The number of pyridine rings is 2. The van der Waals surface area contributed by atoms with Crippen LogP contribution >= 0.6 is 0 Å². The molecular weight excluding hydrogens is 514 g/mol. The third-order valence-corrected chi connectivity index (χ3v) is 9.55. The maximum absolute atomic E-state index is 6.57. The minimum atomic E-state index is 0.495. The van der Waals surface area contributed by atoms with Crippen molar-refractivity contribution in [2.24, 2.45) is 5.92 Å². The van der Waals surface area contributed by atoms with E-state index in [0.717, 1.165) is 12.5 Å². The van der Waals surface area contributed by atoms with Gasteiger partial charge in [-0.1, -0.05) is 88.5 Å². The molecule has 3 atom stereocenters. The normalized spacial score (nSPS) is 20.5. The fourth-order valence-corrected chi connectivity index (χ4v) is 7.11. The van der Waals surface area contributed by atoms with Crippen molar-refractivity contribution >= 4 is 0 Å². The van der Waals surface area contributed by atoms with Crippen LogP contribution < -0.4 is 0 Å². The van der Waals surface area contributed by atoms with Gasteiger partial charge in [0, 0.05) is 43.3 Å². The minimum Gasteiger partial charge on any atom is -0.295 e. The summed E-state index contributed by atoms with van der Waals surface area (Å²) in [6, 6.07) is 9.19. The van der Waals surface area contributed by atoms with E-state index in [1.165, 1.54) is 152 Å². The lowest BCUT2D eigenvalue weighted by Crippen LogP contribution is -2.29. The number of aryl methyl sites for hydroxylation is 2. The zero-order chi connectivity index (χ0) is 28.9. The van der Waals surface area contributed by atoms with Crippen LogP contribution in [-0.2, 0) is 17.7 Å². The SMILES string of the molecule is C(=C/CCCCCCN1O[C@@H](CCCCCCCCc2cccnc2)[C@H]2CCC[C@H]21)/CCCCCCc1cccnc1. The van der Waals surface area contributed by atoms with Gasteiger partial charge in [-0.15, -0.1) is 0 Å². The summed E-state index contributed by atoms with van der Waals surface area (Å²) in [6.07, 6.45) is 42.0. The Labute approximate surface area is 257 Å². The van der Waals surface area contributed by atoms with Crippen molar-refractivity contribution in [1.29, 1.82) is 0 Å². The van der Waals surface area contributed by atoms with Crippen LogP contribution in [0.3, 0.4) is 0 Å². The van der Waals surface area contributed by atoms with Crippen LogP contribution in [0, 0.1) is 5.92 Å². The summed E-state index contributed by atoms with van der Waals surface area (Å²) in [5, 5.41) is 2.43. The van der Waals surface area contributed by atoms with Gasteiger partial charge in [-0.3, -0.25) is 14.8 Å². The van der Waals surface area contributed by atoms with Gasteiger partial charge >= 0.3 is 0 Å². The smallest absolute Gasteiger partial charge is 0.0837 e. The maximum atomic E-state index is 6.57. The van der Waals surface area contributed by atoms with Gasteiger partial charge in [-0.2, -0.15) is 5.06 Å². The molecule has 2 aromatic heterocycles. The van der Waals surface area contributed by atoms with E-state index in [1.54, 1.807) is 0 Å². The molecule has 1 aliphatic carbocycles. The molecule has 1 aliphatic heterocycles. The highest BCUT2D eigenvalue weighted by Gasteiger charge is 2.44. The number of hydrogen-bond acceptors (Lipinski definition) is 4. The topological polar surface area (TPSA) is 38.2 Å². The molecular formula is C38H59N3O. The molecule has 0 bridgehead atoms. The molecule has 0 spiro atoms. The average molecular weight is 574 g/mol. The number of hydrogen-bond donors (Lipinski definition) is 0. The second-order valence-electron chi connectivity index (χ2n) is 13.0. The highest BCUT2D eigenvalue weighted by molar-refractivity contribution is 5.08. The van der Waals surface area contributed by atoms with E-state index in [9.17, 15) is 0 Å². The van der Waals surface area contributed by atoms with Crippen molar-refractivity contribution in [2.45, 2.75) is 153 Å². The lowest BCUT2D eigenvalue weighted by Gasteiger charge is -2.21. The monoisotopic (exact) mass is 573 g/mol. The molecule has 1 saturated carbocycles. The van der Waals surface area contributed by atoms with Gasteiger partial charge in [0.2, 0.25) is 0 Å². The summed E-state index contributed by atoms with van der Waals surface area (Å²) in [5.74, 6) is 0.802. The van der Waals surface area contributed by atoms with E-state index in [4.69, 9.17) is 4.84 Å². The van der Waals surface area contributed by atoms with E-state index >= 15 is 0 Å². The first-order valence-corrected chi connectivity index (χ1v) is 17.8. The van der Waals surface area contributed by atoms with E-state index in [0.29, 0.717) is 12.1 Å². The number of nitrogens with zero attached hydrogens (tertiary/aromatic N) is 3. The quantitative estimate of drug-likeness (QED) is 0.0979. The van der Waals surface area contributed by atoms with Gasteiger partial charge in [0.05, 0.1) is 6.10 Å².